The zero-order valence-electron chi connectivity index (χ0n) is 14.3. The number of rotatable bonds is 4. The topological polar surface area (TPSA) is 142 Å². The molecule has 0 bridgehead atoms. The number of carboxylic acid groups (broad SMARTS) is 1. The first kappa shape index (κ1) is 21.5. The van der Waals surface area contributed by atoms with E-state index in [4.69, 9.17) is 0 Å². The third-order valence-electron chi connectivity index (χ3n) is 3.92. The third kappa shape index (κ3) is 4.20. The monoisotopic (exact) mass is 439 g/mol. The van der Waals surface area contributed by atoms with Gasteiger partial charge in [0.15, 0.2) is 0 Å². The first-order valence-corrected chi connectivity index (χ1v) is 9.03. The van der Waals surface area contributed by atoms with Crippen molar-refractivity contribution in [1.29, 1.82) is 0 Å². The molecule has 0 saturated carbocycles. The molecule has 28 heavy (non-hydrogen) atoms. The molecule has 0 spiro atoms. The minimum Gasteiger partial charge on any atom is -0.870 e. The van der Waals surface area contributed by atoms with Gasteiger partial charge in [0.25, 0.3) is 0 Å². The van der Waals surface area contributed by atoms with Gasteiger partial charge in [-0.3, -0.25) is 0 Å². The summed E-state index contributed by atoms with van der Waals surface area (Å²) in [6.07, 6.45) is 0. The van der Waals surface area contributed by atoms with E-state index in [0.29, 0.717) is 16.3 Å². The Morgan fingerprint density at radius 3 is 2.36 bits per heavy atom. The van der Waals surface area contributed by atoms with E-state index in [9.17, 15) is 28.0 Å². The van der Waals surface area contributed by atoms with E-state index >= 15 is 0 Å². The number of benzene rings is 3. The van der Waals surface area contributed by atoms with Crippen LogP contribution in [0.15, 0.2) is 63.7 Å². The first-order chi connectivity index (χ1) is 12.7. The predicted molar refractivity (Wildman–Crippen MR) is 93.7 cm³/mol. The summed E-state index contributed by atoms with van der Waals surface area (Å²) < 4.78 is 33.2. The molecule has 3 rings (SSSR count). The summed E-state index contributed by atoms with van der Waals surface area (Å²) in [6, 6.07) is 11.5. The number of hydrogen-bond acceptors (Lipinski definition) is 7. The van der Waals surface area contributed by atoms with Crippen LogP contribution in [0.1, 0.15) is 15.9 Å². The minimum absolute atomic E-state index is 0. The van der Waals surface area contributed by atoms with Gasteiger partial charge in [0.05, 0.1) is 21.8 Å². The van der Waals surface area contributed by atoms with E-state index in [1.165, 1.54) is 19.1 Å². The molecule has 0 atom stereocenters. The zero-order valence-corrected chi connectivity index (χ0v) is 16.3. The molecular formula is C18H12MnN2O6S. The molecule has 10 heteroatoms. The van der Waals surface area contributed by atoms with Gasteiger partial charge in [-0.15, -0.1) is 0 Å². The number of carbonyl (C=O) groups is 1. The number of fused-ring (bicyclic) bond motifs is 1. The molecule has 3 aromatic carbocycles. The Kier molecular flexibility index (Phi) is 6.20. The maximum atomic E-state index is 12.5. The molecule has 0 unspecified atom stereocenters. The van der Waals surface area contributed by atoms with Crippen LogP contribution in [0, 0.1) is 6.92 Å². The quantitative estimate of drug-likeness (QED) is 0.376. The minimum atomic E-state index is -4.60. The number of azo groups is 1. The average Bonchev–Trinajstić information content (AvgIpc) is 2.60. The van der Waals surface area contributed by atoms with Crippen LogP contribution in [0.4, 0.5) is 11.4 Å². The summed E-state index contributed by atoms with van der Waals surface area (Å²) in [4.78, 5) is 10.9. The molecular weight excluding hydrogens is 427 g/mol. The fourth-order valence-corrected chi connectivity index (χ4v) is 3.12. The van der Waals surface area contributed by atoms with Crippen molar-refractivity contribution < 1.29 is 45.0 Å². The molecule has 0 amide bonds. The van der Waals surface area contributed by atoms with Crippen LogP contribution >= 0.6 is 0 Å². The molecule has 1 radical (unpaired) electrons. The summed E-state index contributed by atoms with van der Waals surface area (Å²) in [5.74, 6) is -2.15. The number of aryl methyl sites for hydroxylation is 1. The van der Waals surface area contributed by atoms with E-state index in [1.807, 2.05) is 0 Å². The van der Waals surface area contributed by atoms with Gasteiger partial charge >= 0.3 is 23.0 Å². The summed E-state index contributed by atoms with van der Waals surface area (Å²) >= 11 is 0. The maximum absolute atomic E-state index is 12.5. The van der Waals surface area contributed by atoms with E-state index in [0.717, 1.165) is 12.1 Å². The van der Waals surface area contributed by atoms with Gasteiger partial charge in [0.1, 0.15) is 10.1 Å². The predicted octanol–water partition coefficient (Wildman–Crippen LogP) is 3.24. The van der Waals surface area contributed by atoms with Crippen molar-refractivity contribution in [3.05, 3.63) is 59.7 Å². The van der Waals surface area contributed by atoms with Crippen molar-refractivity contribution in [2.75, 3.05) is 0 Å². The van der Waals surface area contributed by atoms with Gasteiger partial charge in [0.2, 0.25) is 0 Å². The van der Waals surface area contributed by atoms with Gasteiger partial charge in [-0.25, -0.2) is 13.2 Å². The Labute approximate surface area is 170 Å². The summed E-state index contributed by atoms with van der Waals surface area (Å²) in [6.45, 7) is 1.53. The molecule has 0 aromatic heterocycles. The number of carboxylic acids is 1. The Hall–Kier alpha value is -2.78. The Morgan fingerprint density at radius 2 is 1.75 bits per heavy atom. The van der Waals surface area contributed by atoms with Crippen molar-refractivity contribution in [3.63, 3.8) is 0 Å². The molecule has 143 valence electrons. The maximum Gasteiger partial charge on any atom is 2.00 e. The second kappa shape index (κ2) is 8.07. The second-order valence-corrected chi connectivity index (χ2v) is 7.11. The average molecular weight is 439 g/mol. The fraction of sp³-hybridized carbons (Fsp3) is 0.0556. The van der Waals surface area contributed by atoms with Crippen molar-refractivity contribution >= 4 is 38.2 Å². The van der Waals surface area contributed by atoms with E-state index in [2.05, 4.69) is 10.2 Å². The van der Waals surface area contributed by atoms with Gasteiger partial charge in [-0.2, -0.15) is 10.2 Å². The molecule has 1 N–H and O–H groups in total. The van der Waals surface area contributed by atoms with Crippen molar-refractivity contribution in [2.45, 2.75) is 11.8 Å². The standard InChI is InChI=1S/C18H14N2O6S.Mn/c1-10-8-12(27(24,25)26)6-7-15(10)19-20-16-13-5-3-2-4-11(13)9-14(17(16)21)18(22)23;/h2-9,21H,1H3,(H,22,23)(H,24,25,26);/q;+2/p-2. The fourth-order valence-electron chi connectivity index (χ4n) is 2.57. The summed E-state index contributed by atoms with van der Waals surface area (Å²) in [5, 5.41) is 30.5. The second-order valence-electron chi connectivity index (χ2n) is 5.73. The van der Waals surface area contributed by atoms with Gasteiger partial charge < -0.3 is 14.8 Å². The molecule has 0 aliphatic carbocycles. The summed E-state index contributed by atoms with van der Waals surface area (Å²) in [7, 11) is -4.60. The van der Waals surface area contributed by atoms with Crippen molar-refractivity contribution in [3.8, 4) is 5.75 Å². The molecule has 8 nitrogen and oxygen atoms in total. The van der Waals surface area contributed by atoms with Crippen LogP contribution in [0.5, 0.6) is 5.75 Å². The molecule has 0 aliphatic rings. The van der Waals surface area contributed by atoms with Crippen LogP contribution in [0.3, 0.4) is 0 Å². The van der Waals surface area contributed by atoms with E-state index < -0.39 is 32.3 Å². The van der Waals surface area contributed by atoms with Crippen LogP contribution < -0.4 is 5.11 Å². The van der Waals surface area contributed by atoms with Crippen LogP contribution in [-0.2, 0) is 27.2 Å². The van der Waals surface area contributed by atoms with Crippen LogP contribution in [0.2, 0.25) is 0 Å². The van der Waals surface area contributed by atoms with E-state index in [1.54, 1.807) is 24.3 Å². The molecule has 0 heterocycles. The smallest absolute Gasteiger partial charge is 0.870 e. The number of aromatic carboxylic acids is 1. The Balaban J connectivity index is 0.00000280. The zero-order chi connectivity index (χ0) is 19.8. The van der Waals surface area contributed by atoms with Gasteiger partial charge in [-0.05, 0) is 42.1 Å². The largest absolute Gasteiger partial charge is 2.00 e. The Morgan fingerprint density at radius 1 is 1.07 bits per heavy atom. The Bertz CT molecular complexity index is 1210. The van der Waals surface area contributed by atoms with Crippen LogP contribution in [-0.4, -0.2) is 24.0 Å². The molecule has 3 aromatic rings. The van der Waals surface area contributed by atoms with E-state index in [-0.39, 0.29) is 28.4 Å². The molecule has 0 fully saturated rings. The molecule has 0 saturated heterocycles. The van der Waals surface area contributed by atoms with Crippen molar-refractivity contribution in [2.24, 2.45) is 10.2 Å². The molecule has 0 aliphatic heterocycles. The normalized spacial score (nSPS) is 11.5. The third-order valence-corrected chi connectivity index (χ3v) is 4.75. The van der Waals surface area contributed by atoms with Gasteiger partial charge in [-0.1, -0.05) is 30.0 Å². The number of hydrogen-bond donors (Lipinski definition) is 1. The SMILES string of the molecule is Cc1cc(S(=O)(=O)[O-])ccc1N=Nc1c([O-])c(C(=O)O)cc2ccccc12.[Mn+2]. The first-order valence-electron chi connectivity index (χ1n) is 7.63. The van der Waals surface area contributed by atoms with Gasteiger partial charge in [0, 0.05) is 5.39 Å². The summed E-state index contributed by atoms with van der Waals surface area (Å²) in [5.41, 5.74) is 0.0472. The number of nitrogens with zero attached hydrogens (tertiary/aromatic N) is 2. The van der Waals surface area contributed by atoms with Crippen molar-refractivity contribution in [1.82, 2.24) is 0 Å². The van der Waals surface area contributed by atoms with Crippen LogP contribution in [0.25, 0.3) is 10.8 Å².